The van der Waals surface area contributed by atoms with Gasteiger partial charge in [-0.05, 0) is 30.9 Å². The number of aromatic nitrogens is 1. The highest BCUT2D eigenvalue weighted by atomic mass is 16.1. The van der Waals surface area contributed by atoms with Crippen LogP contribution in [0.25, 0.3) is 0 Å². The molecular formula is C13H17N3O. The number of nitrogens with one attached hydrogen (secondary N) is 2. The van der Waals surface area contributed by atoms with Crippen molar-refractivity contribution in [2.24, 2.45) is 5.92 Å². The molecule has 0 bridgehead atoms. The number of hydrogen-bond acceptors (Lipinski definition) is 2. The first-order valence-corrected chi connectivity index (χ1v) is 6.15. The summed E-state index contributed by atoms with van der Waals surface area (Å²) >= 11 is 0. The summed E-state index contributed by atoms with van der Waals surface area (Å²) in [5.74, 6) is 0.125. The lowest BCUT2D eigenvalue weighted by atomic mass is 9.84. The molecule has 0 unspecified atom stereocenters. The van der Waals surface area contributed by atoms with Crippen molar-refractivity contribution in [3.05, 3.63) is 24.0 Å². The first-order chi connectivity index (χ1) is 8.31. The van der Waals surface area contributed by atoms with Crippen molar-refractivity contribution < 1.29 is 4.79 Å². The molecule has 1 atom stereocenters. The lowest BCUT2D eigenvalue weighted by molar-refractivity contribution is 0.0924. The van der Waals surface area contributed by atoms with Crippen LogP contribution in [-0.4, -0.2) is 16.9 Å². The number of hydrogen-bond donors (Lipinski definition) is 2. The minimum Gasteiger partial charge on any atom is -0.357 e. The lowest BCUT2D eigenvalue weighted by Gasteiger charge is -2.26. The average Bonchev–Trinajstić information content (AvgIpc) is 2.90. The molecule has 2 rings (SSSR count). The summed E-state index contributed by atoms with van der Waals surface area (Å²) in [5, 5.41) is 12.0. The second-order valence-corrected chi connectivity index (χ2v) is 4.56. The van der Waals surface area contributed by atoms with E-state index in [2.05, 4.69) is 16.4 Å². The molecule has 0 aromatic carbocycles. The van der Waals surface area contributed by atoms with Crippen LogP contribution in [0.3, 0.4) is 0 Å². The van der Waals surface area contributed by atoms with E-state index < -0.39 is 0 Å². The van der Waals surface area contributed by atoms with Crippen molar-refractivity contribution in [3.63, 3.8) is 0 Å². The first-order valence-electron chi connectivity index (χ1n) is 6.15. The van der Waals surface area contributed by atoms with Gasteiger partial charge in [0.1, 0.15) is 11.7 Å². The Kier molecular flexibility index (Phi) is 3.81. The topological polar surface area (TPSA) is 68.7 Å². The van der Waals surface area contributed by atoms with E-state index in [1.54, 1.807) is 18.3 Å². The summed E-state index contributed by atoms with van der Waals surface area (Å²) in [4.78, 5) is 14.7. The van der Waals surface area contributed by atoms with Crippen molar-refractivity contribution in [2.45, 2.75) is 38.1 Å². The molecule has 90 valence electrons. The molecule has 1 saturated carbocycles. The highest BCUT2D eigenvalue weighted by Crippen LogP contribution is 2.26. The highest BCUT2D eigenvalue weighted by molar-refractivity contribution is 5.92. The van der Waals surface area contributed by atoms with Crippen molar-refractivity contribution >= 4 is 5.91 Å². The van der Waals surface area contributed by atoms with Gasteiger partial charge in [0.05, 0.1) is 6.07 Å². The van der Waals surface area contributed by atoms with Crippen LogP contribution < -0.4 is 5.32 Å². The summed E-state index contributed by atoms with van der Waals surface area (Å²) in [6.45, 7) is 0. The van der Waals surface area contributed by atoms with E-state index in [0.717, 1.165) is 12.8 Å². The van der Waals surface area contributed by atoms with Crippen molar-refractivity contribution in [2.75, 3.05) is 0 Å². The molecule has 1 aliphatic carbocycles. The third-order valence-corrected chi connectivity index (χ3v) is 3.39. The molecule has 1 aromatic rings. The molecule has 4 heteroatoms. The number of H-pyrrole nitrogens is 1. The SMILES string of the molecule is N#C[C@@H](NC(=O)c1ccc[nH]1)C1CCCCC1. The zero-order valence-corrected chi connectivity index (χ0v) is 9.78. The van der Waals surface area contributed by atoms with Crippen LogP contribution in [0.4, 0.5) is 0 Å². The van der Waals surface area contributed by atoms with Crippen molar-refractivity contribution in [1.82, 2.24) is 10.3 Å². The Morgan fingerprint density at radius 2 is 2.24 bits per heavy atom. The molecule has 1 aliphatic rings. The molecule has 1 amide bonds. The maximum absolute atomic E-state index is 11.8. The van der Waals surface area contributed by atoms with Gasteiger partial charge in [-0.3, -0.25) is 4.79 Å². The number of carbonyl (C=O) groups is 1. The fourth-order valence-corrected chi connectivity index (χ4v) is 2.41. The fourth-order valence-electron chi connectivity index (χ4n) is 2.41. The van der Waals surface area contributed by atoms with Crippen LogP contribution in [0.1, 0.15) is 42.6 Å². The van der Waals surface area contributed by atoms with Crippen LogP contribution in [0, 0.1) is 17.2 Å². The van der Waals surface area contributed by atoms with Gasteiger partial charge in [-0.2, -0.15) is 5.26 Å². The van der Waals surface area contributed by atoms with Gasteiger partial charge in [0.15, 0.2) is 0 Å². The summed E-state index contributed by atoms with van der Waals surface area (Å²) in [6.07, 6.45) is 7.38. The first kappa shape index (κ1) is 11.7. The Hall–Kier alpha value is -1.76. The predicted octanol–water partition coefficient (Wildman–Crippen LogP) is 2.22. The normalized spacial score (nSPS) is 18.3. The summed E-state index contributed by atoms with van der Waals surface area (Å²) in [6, 6.07) is 5.35. The Balaban J connectivity index is 1.95. The Morgan fingerprint density at radius 3 is 2.82 bits per heavy atom. The molecule has 0 aliphatic heterocycles. The third-order valence-electron chi connectivity index (χ3n) is 3.39. The van der Waals surface area contributed by atoms with E-state index in [1.165, 1.54) is 19.3 Å². The van der Waals surface area contributed by atoms with E-state index in [-0.39, 0.29) is 11.9 Å². The predicted molar refractivity (Wildman–Crippen MR) is 64.2 cm³/mol. The minimum absolute atomic E-state index is 0.188. The Morgan fingerprint density at radius 1 is 1.47 bits per heavy atom. The highest BCUT2D eigenvalue weighted by Gasteiger charge is 2.25. The van der Waals surface area contributed by atoms with E-state index >= 15 is 0 Å². The molecule has 1 heterocycles. The number of carbonyl (C=O) groups excluding carboxylic acids is 1. The smallest absolute Gasteiger partial charge is 0.268 e. The Bertz CT molecular complexity index is 399. The molecule has 2 N–H and O–H groups in total. The van der Waals surface area contributed by atoms with Gasteiger partial charge in [-0.25, -0.2) is 0 Å². The van der Waals surface area contributed by atoms with E-state index in [1.807, 2.05) is 0 Å². The zero-order chi connectivity index (χ0) is 12.1. The summed E-state index contributed by atoms with van der Waals surface area (Å²) in [7, 11) is 0. The second kappa shape index (κ2) is 5.53. The number of aromatic amines is 1. The van der Waals surface area contributed by atoms with Crippen molar-refractivity contribution in [1.29, 1.82) is 5.26 Å². The molecule has 0 spiro atoms. The second-order valence-electron chi connectivity index (χ2n) is 4.56. The molecule has 17 heavy (non-hydrogen) atoms. The minimum atomic E-state index is -0.355. The molecular weight excluding hydrogens is 214 g/mol. The van der Waals surface area contributed by atoms with Crippen LogP contribution in [0.15, 0.2) is 18.3 Å². The van der Waals surface area contributed by atoms with Crippen LogP contribution in [-0.2, 0) is 0 Å². The number of nitrogens with zero attached hydrogens (tertiary/aromatic N) is 1. The van der Waals surface area contributed by atoms with Gasteiger partial charge in [0.25, 0.3) is 5.91 Å². The molecule has 0 radical (unpaired) electrons. The van der Waals surface area contributed by atoms with E-state index in [9.17, 15) is 4.79 Å². The standard InChI is InChI=1S/C13H17N3O/c14-9-12(10-5-2-1-3-6-10)16-13(17)11-7-4-8-15-11/h4,7-8,10,12,15H,1-3,5-6H2,(H,16,17)/t12-/m1/s1. The average molecular weight is 231 g/mol. The molecule has 1 aromatic heterocycles. The third kappa shape index (κ3) is 2.88. The molecule has 0 saturated heterocycles. The van der Waals surface area contributed by atoms with Gasteiger partial charge < -0.3 is 10.3 Å². The fraction of sp³-hybridized carbons (Fsp3) is 0.538. The van der Waals surface area contributed by atoms with Crippen LogP contribution in [0.2, 0.25) is 0 Å². The maximum atomic E-state index is 11.8. The number of amides is 1. The van der Waals surface area contributed by atoms with Gasteiger partial charge in [-0.15, -0.1) is 0 Å². The van der Waals surface area contributed by atoms with E-state index in [4.69, 9.17) is 5.26 Å². The molecule has 1 fully saturated rings. The van der Waals surface area contributed by atoms with E-state index in [0.29, 0.717) is 11.6 Å². The van der Waals surface area contributed by atoms with Crippen LogP contribution in [0.5, 0.6) is 0 Å². The lowest BCUT2D eigenvalue weighted by Crippen LogP contribution is -2.40. The summed E-state index contributed by atoms with van der Waals surface area (Å²) in [5.41, 5.74) is 0.515. The molecule has 4 nitrogen and oxygen atoms in total. The van der Waals surface area contributed by atoms with Gasteiger partial charge in [0, 0.05) is 6.20 Å². The zero-order valence-electron chi connectivity index (χ0n) is 9.78. The largest absolute Gasteiger partial charge is 0.357 e. The number of rotatable bonds is 3. The van der Waals surface area contributed by atoms with Crippen molar-refractivity contribution in [3.8, 4) is 6.07 Å². The summed E-state index contributed by atoms with van der Waals surface area (Å²) < 4.78 is 0. The maximum Gasteiger partial charge on any atom is 0.268 e. The number of nitriles is 1. The van der Waals surface area contributed by atoms with Crippen LogP contribution >= 0.6 is 0 Å². The Labute approximate surface area is 101 Å². The van der Waals surface area contributed by atoms with Gasteiger partial charge >= 0.3 is 0 Å². The quantitative estimate of drug-likeness (QED) is 0.837. The van der Waals surface area contributed by atoms with Gasteiger partial charge in [-0.1, -0.05) is 19.3 Å². The monoisotopic (exact) mass is 231 g/mol. The van der Waals surface area contributed by atoms with Gasteiger partial charge in [0.2, 0.25) is 0 Å².